The SMILES string of the molecule is O=C(NCCc1cc(Cl)ccc1Br)C1CCCN1. The first kappa shape index (κ1) is 13.8. The summed E-state index contributed by atoms with van der Waals surface area (Å²) in [6.45, 7) is 1.58. The molecule has 2 N–H and O–H groups in total. The molecule has 1 saturated heterocycles. The van der Waals surface area contributed by atoms with Gasteiger partial charge in [0.2, 0.25) is 5.91 Å². The van der Waals surface area contributed by atoms with E-state index in [1.807, 2.05) is 18.2 Å². The lowest BCUT2D eigenvalue weighted by molar-refractivity contribution is -0.122. The van der Waals surface area contributed by atoms with Crippen molar-refractivity contribution in [1.29, 1.82) is 0 Å². The second-order valence-corrected chi connectivity index (χ2v) is 5.72. The van der Waals surface area contributed by atoms with Gasteiger partial charge in [0.1, 0.15) is 0 Å². The lowest BCUT2D eigenvalue weighted by Crippen LogP contribution is -2.41. The normalized spacial score (nSPS) is 18.9. The zero-order valence-electron chi connectivity index (χ0n) is 10.0. The van der Waals surface area contributed by atoms with Gasteiger partial charge in [0.15, 0.2) is 0 Å². The predicted octanol–water partition coefficient (Wildman–Crippen LogP) is 2.51. The lowest BCUT2D eigenvalue weighted by Gasteiger charge is -2.11. The summed E-state index contributed by atoms with van der Waals surface area (Å²) in [5, 5.41) is 6.86. The third kappa shape index (κ3) is 3.70. The molecule has 1 fully saturated rings. The molecule has 1 aromatic rings. The molecular weight excluding hydrogens is 316 g/mol. The minimum atomic E-state index is -0.00666. The van der Waals surface area contributed by atoms with E-state index in [0.29, 0.717) is 6.54 Å². The summed E-state index contributed by atoms with van der Waals surface area (Å²) in [6, 6.07) is 5.69. The monoisotopic (exact) mass is 330 g/mol. The third-order valence-electron chi connectivity index (χ3n) is 3.08. The highest BCUT2D eigenvalue weighted by Crippen LogP contribution is 2.21. The fraction of sp³-hybridized carbons (Fsp3) is 0.462. The Morgan fingerprint density at radius 1 is 1.56 bits per heavy atom. The summed E-state index contributed by atoms with van der Waals surface area (Å²) >= 11 is 9.42. The van der Waals surface area contributed by atoms with Gasteiger partial charge in [-0.05, 0) is 49.6 Å². The van der Waals surface area contributed by atoms with Crippen LogP contribution in [0.2, 0.25) is 5.02 Å². The molecule has 0 bridgehead atoms. The number of nitrogens with one attached hydrogen (secondary N) is 2. The summed E-state index contributed by atoms with van der Waals surface area (Å²) < 4.78 is 1.03. The Morgan fingerprint density at radius 3 is 3.11 bits per heavy atom. The smallest absolute Gasteiger partial charge is 0.237 e. The van der Waals surface area contributed by atoms with E-state index < -0.39 is 0 Å². The van der Waals surface area contributed by atoms with E-state index in [4.69, 9.17) is 11.6 Å². The number of halogens is 2. The highest BCUT2D eigenvalue weighted by Gasteiger charge is 2.21. The number of carbonyl (C=O) groups is 1. The summed E-state index contributed by atoms with van der Waals surface area (Å²) in [5.74, 6) is 0.102. The van der Waals surface area contributed by atoms with Crippen molar-refractivity contribution < 1.29 is 4.79 Å². The van der Waals surface area contributed by atoms with E-state index in [1.54, 1.807) is 0 Å². The molecule has 0 radical (unpaired) electrons. The zero-order valence-corrected chi connectivity index (χ0v) is 12.4. The van der Waals surface area contributed by atoms with Crippen LogP contribution in [0.1, 0.15) is 18.4 Å². The van der Waals surface area contributed by atoms with E-state index in [-0.39, 0.29) is 11.9 Å². The van der Waals surface area contributed by atoms with Gasteiger partial charge in [-0.2, -0.15) is 0 Å². The van der Waals surface area contributed by atoms with E-state index in [1.165, 1.54) is 0 Å². The molecule has 1 heterocycles. The fourth-order valence-electron chi connectivity index (χ4n) is 2.09. The molecule has 0 aliphatic carbocycles. The molecule has 1 aliphatic rings. The Balaban J connectivity index is 1.81. The molecule has 0 saturated carbocycles. The Kier molecular flexibility index (Phi) is 5.03. The lowest BCUT2D eigenvalue weighted by atomic mass is 10.1. The van der Waals surface area contributed by atoms with Crippen molar-refractivity contribution in [2.75, 3.05) is 13.1 Å². The van der Waals surface area contributed by atoms with E-state index in [9.17, 15) is 4.79 Å². The zero-order chi connectivity index (χ0) is 13.0. The number of hydrogen-bond acceptors (Lipinski definition) is 2. The molecule has 0 spiro atoms. The minimum Gasteiger partial charge on any atom is -0.354 e. The van der Waals surface area contributed by atoms with Crippen LogP contribution in [0.3, 0.4) is 0 Å². The van der Waals surface area contributed by atoms with Crippen LogP contribution < -0.4 is 10.6 Å². The highest BCUT2D eigenvalue weighted by atomic mass is 79.9. The molecule has 1 aliphatic heterocycles. The van der Waals surface area contributed by atoms with Gasteiger partial charge in [-0.15, -0.1) is 0 Å². The highest BCUT2D eigenvalue weighted by molar-refractivity contribution is 9.10. The number of rotatable bonds is 4. The molecule has 18 heavy (non-hydrogen) atoms. The van der Waals surface area contributed by atoms with Crippen LogP contribution in [0, 0.1) is 0 Å². The average Bonchev–Trinajstić information content (AvgIpc) is 2.87. The van der Waals surface area contributed by atoms with Crippen LogP contribution in [0.25, 0.3) is 0 Å². The number of amides is 1. The van der Waals surface area contributed by atoms with Gasteiger partial charge in [-0.1, -0.05) is 27.5 Å². The summed E-state index contributed by atoms with van der Waals surface area (Å²) in [7, 11) is 0. The Morgan fingerprint density at radius 2 is 2.39 bits per heavy atom. The predicted molar refractivity (Wildman–Crippen MR) is 76.9 cm³/mol. The van der Waals surface area contributed by atoms with Crippen LogP contribution in [-0.2, 0) is 11.2 Å². The van der Waals surface area contributed by atoms with Crippen LogP contribution in [0.4, 0.5) is 0 Å². The molecule has 2 rings (SSSR count). The molecule has 98 valence electrons. The van der Waals surface area contributed by atoms with Gasteiger partial charge >= 0.3 is 0 Å². The molecule has 1 atom stereocenters. The van der Waals surface area contributed by atoms with Gasteiger partial charge in [0.25, 0.3) is 0 Å². The Labute approximate surface area is 120 Å². The molecule has 1 aromatic carbocycles. The third-order valence-corrected chi connectivity index (χ3v) is 4.09. The quantitative estimate of drug-likeness (QED) is 0.890. The number of hydrogen-bond donors (Lipinski definition) is 2. The van der Waals surface area contributed by atoms with Crippen molar-refractivity contribution in [3.8, 4) is 0 Å². The molecule has 1 unspecified atom stereocenters. The first-order valence-corrected chi connectivity index (χ1v) is 7.29. The van der Waals surface area contributed by atoms with Crippen LogP contribution in [0.5, 0.6) is 0 Å². The van der Waals surface area contributed by atoms with E-state index in [2.05, 4.69) is 26.6 Å². The summed E-state index contributed by atoms with van der Waals surface area (Å²) in [5.41, 5.74) is 1.11. The first-order chi connectivity index (χ1) is 8.66. The summed E-state index contributed by atoms with van der Waals surface area (Å²) in [6.07, 6.45) is 2.80. The van der Waals surface area contributed by atoms with Crippen molar-refractivity contribution in [1.82, 2.24) is 10.6 Å². The maximum Gasteiger partial charge on any atom is 0.237 e. The van der Waals surface area contributed by atoms with E-state index in [0.717, 1.165) is 40.9 Å². The van der Waals surface area contributed by atoms with Crippen LogP contribution in [-0.4, -0.2) is 25.0 Å². The van der Waals surface area contributed by atoms with Gasteiger partial charge < -0.3 is 10.6 Å². The van der Waals surface area contributed by atoms with Gasteiger partial charge in [-0.25, -0.2) is 0 Å². The van der Waals surface area contributed by atoms with Crippen molar-refractivity contribution in [2.24, 2.45) is 0 Å². The second kappa shape index (κ2) is 6.55. The molecule has 1 amide bonds. The maximum atomic E-state index is 11.8. The molecular formula is C13H16BrClN2O. The molecule has 5 heteroatoms. The first-order valence-electron chi connectivity index (χ1n) is 6.12. The van der Waals surface area contributed by atoms with E-state index >= 15 is 0 Å². The van der Waals surface area contributed by atoms with Crippen molar-refractivity contribution in [3.05, 3.63) is 33.3 Å². The van der Waals surface area contributed by atoms with Gasteiger partial charge in [0, 0.05) is 16.0 Å². The molecule has 3 nitrogen and oxygen atoms in total. The number of carbonyl (C=O) groups excluding carboxylic acids is 1. The number of benzene rings is 1. The maximum absolute atomic E-state index is 11.8. The van der Waals surface area contributed by atoms with Crippen molar-refractivity contribution in [2.45, 2.75) is 25.3 Å². The minimum absolute atomic E-state index is 0.00666. The Hall–Kier alpha value is -0.580. The Bertz CT molecular complexity index is 433. The standard InChI is InChI=1S/C13H16BrClN2O/c14-11-4-3-10(15)8-9(11)5-7-17-13(18)12-2-1-6-16-12/h3-4,8,12,16H,1-2,5-7H2,(H,17,18). The van der Waals surface area contributed by atoms with Crippen molar-refractivity contribution in [3.63, 3.8) is 0 Å². The largest absolute Gasteiger partial charge is 0.354 e. The van der Waals surface area contributed by atoms with Crippen LogP contribution >= 0.6 is 27.5 Å². The van der Waals surface area contributed by atoms with Crippen LogP contribution in [0.15, 0.2) is 22.7 Å². The fourth-order valence-corrected chi connectivity index (χ4v) is 2.73. The van der Waals surface area contributed by atoms with Crippen molar-refractivity contribution >= 4 is 33.4 Å². The topological polar surface area (TPSA) is 41.1 Å². The molecule has 0 aromatic heterocycles. The summed E-state index contributed by atoms with van der Waals surface area (Å²) in [4.78, 5) is 11.8. The second-order valence-electron chi connectivity index (χ2n) is 4.43. The average molecular weight is 332 g/mol. The van der Waals surface area contributed by atoms with Gasteiger partial charge in [0.05, 0.1) is 6.04 Å². The van der Waals surface area contributed by atoms with Gasteiger partial charge in [-0.3, -0.25) is 4.79 Å².